The Labute approximate surface area is 194 Å². The quantitative estimate of drug-likeness (QED) is 0.314. The number of hydrogen-bond acceptors (Lipinski definition) is 6. The van der Waals surface area contributed by atoms with Crippen LogP contribution in [0.5, 0.6) is 11.5 Å². The molecule has 4 aromatic rings. The number of ether oxygens (including phenoxy) is 1. The highest BCUT2D eigenvalue weighted by Crippen LogP contribution is 2.44. The number of nitrogens with zero attached hydrogens (tertiary/aromatic N) is 1. The predicted octanol–water partition coefficient (Wildman–Crippen LogP) is 4.83. The van der Waals surface area contributed by atoms with Crippen LogP contribution in [0.25, 0.3) is 33.1 Å². The molecule has 0 saturated carbocycles. The van der Waals surface area contributed by atoms with E-state index in [1.54, 1.807) is 30.3 Å². The highest BCUT2D eigenvalue weighted by molar-refractivity contribution is 6.35. The minimum atomic E-state index is -0.514. The third-order valence-corrected chi connectivity index (χ3v) is 6.02. The maximum atomic E-state index is 12.8. The van der Waals surface area contributed by atoms with Crippen molar-refractivity contribution in [3.8, 4) is 22.6 Å². The van der Waals surface area contributed by atoms with Gasteiger partial charge < -0.3 is 19.2 Å². The second kappa shape index (κ2) is 8.10. The number of hydrogen-bond donors (Lipinski definition) is 2. The number of phenols is 1. The Morgan fingerprint density at radius 1 is 1.03 bits per heavy atom. The third kappa shape index (κ3) is 3.59. The second-order valence-corrected chi connectivity index (χ2v) is 8.64. The molecule has 2 heterocycles. The van der Waals surface area contributed by atoms with E-state index in [1.807, 2.05) is 20.2 Å². The van der Waals surface area contributed by atoms with Crippen LogP contribution in [0.1, 0.15) is 27.1 Å². The molecule has 1 aromatic heterocycles. The van der Waals surface area contributed by atoms with Gasteiger partial charge >= 0.3 is 0 Å². The second-order valence-electron chi connectivity index (χ2n) is 8.23. The molecular formula is C25H21ClN2O5. The summed E-state index contributed by atoms with van der Waals surface area (Å²) in [5.74, 6) is -0.779. The maximum Gasteiger partial charge on any atom is 0.259 e. The zero-order valence-electron chi connectivity index (χ0n) is 18.1. The first-order valence-corrected chi connectivity index (χ1v) is 10.9. The monoisotopic (exact) mass is 464 g/mol. The van der Waals surface area contributed by atoms with Gasteiger partial charge in [-0.15, -0.1) is 0 Å². The number of aromatic hydroxyl groups is 1. The molecule has 0 unspecified atom stereocenters. The van der Waals surface area contributed by atoms with Crippen molar-refractivity contribution in [2.45, 2.75) is 6.42 Å². The van der Waals surface area contributed by atoms with Gasteiger partial charge in [-0.25, -0.2) is 0 Å². The van der Waals surface area contributed by atoms with Crippen LogP contribution in [0.4, 0.5) is 0 Å². The van der Waals surface area contributed by atoms with Gasteiger partial charge in [0.15, 0.2) is 11.5 Å². The van der Waals surface area contributed by atoms with Crippen LogP contribution in [0.2, 0.25) is 5.02 Å². The highest BCUT2D eigenvalue weighted by atomic mass is 35.5. The van der Waals surface area contributed by atoms with Crippen LogP contribution >= 0.6 is 11.6 Å². The summed E-state index contributed by atoms with van der Waals surface area (Å²) >= 11 is 6.40. The van der Waals surface area contributed by atoms with Gasteiger partial charge in [0.25, 0.3) is 11.8 Å². The normalized spacial score (nSPS) is 13.2. The summed E-state index contributed by atoms with van der Waals surface area (Å²) in [5.41, 5.74) is 2.44. The van der Waals surface area contributed by atoms with Crippen molar-refractivity contribution in [2.24, 2.45) is 0 Å². The fraction of sp³-hybridized carbons (Fsp3) is 0.200. The first kappa shape index (κ1) is 21.3. The van der Waals surface area contributed by atoms with E-state index in [1.165, 1.54) is 6.07 Å². The van der Waals surface area contributed by atoms with Crippen LogP contribution in [-0.4, -0.2) is 49.1 Å². The Bertz CT molecular complexity index is 1440. The van der Waals surface area contributed by atoms with Crippen LogP contribution in [-0.2, 0) is 0 Å². The van der Waals surface area contributed by atoms with Crippen molar-refractivity contribution in [3.63, 3.8) is 0 Å². The van der Waals surface area contributed by atoms with Crippen molar-refractivity contribution >= 4 is 45.4 Å². The molecular weight excluding hydrogens is 444 g/mol. The number of halogens is 1. The Balaban J connectivity index is 1.69. The van der Waals surface area contributed by atoms with Crippen molar-refractivity contribution in [2.75, 3.05) is 27.2 Å². The fourth-order valence-corrected chi connectivity index (χ4v) is 4.45. The Morgan fingerprint density at radius 2 is 1.79 bits per heavy atom. The average molecular weight is 465 g/mol. The maximum absolute atomic E-state index is 12.8. The Morgan fingerprint density at radius 3 is 2.55 bits per heavy atom. The minimum Gasteiger partial charge on any atom is -0.504 e. The lowest BCUT2D eigenvalue weighted by Crippen LogP contribution is -2.20. The number of carbonyl (C=O) groups is 2. The van der Waals surface area contributed by atoms with Gasteiger partial charge in [0, 0.05) is 39.5 Å². The SMILES string of the molecule is CN(C)CCCOc1cc2oc3cc(-c4ccccc4Cl)c4c(c3c2cc1O)C(=O)NC4=O. The molecule has 2 N–H and O–H groups in total. The van der Waals surface area contributed by atoms with E-state index in [-0.39, 0.29) is 16.9 Å². The molecule has 5 rings (SSSR count). The van der Waals surface area contributed by atoms with E-state index in [0.29, 0.717) is 50.4 Å². The van der Waals surface area contributed by atoms with Crippen molar-refractivity contribution in [1.29, 1.82) is 0 Å². The molecule has 0 atom stereocenters. The molecule has 8 heteroatoms. The van der Waals surface area contributed by atoms with Gasteiger partial charge in [0.1, 0.15) is 11.2 Å². The van der Waals surface area contributed by atoms with Gasteiger partial charge in [0.2, 0.25) is 0 Å². The molecule has 0 aliphatic carbocycles. The number of rotatable bonds is 6. The van der Waals surface area contributed by atoms with Gasteiger partial charge in [-0.2, -0.15) is 0 Å². The fourth-order valence-electron chi connectivity index (χ4n) is 4.22. The van der Waals surface area contributed by atoms with Gasteiger partial charge in [-0.1, -0.05) is 29.8 Å². The lowest BCUT2D eigenvalue weighted by molar-refractivity contribution is 0.0880. The zero-order valence-corrected chi connectivity index (χ0v) is 18.8. The third-order valence-electron chi connectivity index (χ3n) is 5.69. The number of furan rings is 1. The topological polar surface area (TPSA) is 92.0 Å². The lowest BCUT2D eigenvalue weighted by atomic mass is 9.93. The molecule has 0 radical (unpaired) electrons. The van der Waals surface area contributed by atoms with E-state index in [9.17, 15) is 14.7 Å². The van der Waals surface area contributed by atoms with Gasteiger partial charge in [0.05, 0.1) is 17.7 Å². The zero-order chi connectivity index (χ0) is 23.3. The largest absolute Gasteiger partial charge is 0.504 e. The summed E-state index contributed by atoms with van der Waals surface area (Å²) in [5, 5.41) is 14.4. The standard InChI is InChI=1S/C25H21ClN2O5/c1-28(2)8-5-9-32-19-12-18-15(10-17(19)29)21-20(33-18)11-14(13-6-3-4-7-16(13)26)22-23(21)25(31)27-24(22)30/h3-4,6-7,10-12,29H,5,8-9H2,1-2H3,(H,27,30,31). The summed E-state index contributed by atoms with van der Waals surface area (Å²) in [6.07, 6.45) is 0.793. The summed E-state index contributed by atoms with van der Waals surface area (Å²) in [6.45, 7) is 1.29. The van der Waals surface area contributed by atoms with Crippen LogP contribution in [0.15, 0.2) is 46.9 Å². The van der Waals surface area contributed by atoms with Crippen molar-refractivity contribution in [1.82, 2.24) is 10.2 Å². The Hall–Kier alpha value is -3.55. The number of amides is 2. The highest BCUT2D eigenvalue weighted by Gasteiger charge is 2.35. The molecule has 0 bridgehead atoms. The van der Waals surface area contributed by atoms with E-state index < -0.39 is 11.8 Å². The molecule has 0 saturated heterocycles. The smallest absolute Gasteiger partial charge is 0.259 e. The first-order valence-electron chi connectivity index (χ1n) is 10.5. The van der Waals surface area contributed by atoms with Crippen molar-refractivity contribution in [3.05, 3.63) is 58.6 Å². The minimum absolute atomic E-state index is 0.0660. The van der Waals surface area contributed by atoms with Crippen LogP contribution in [0.3, 0.4) is 0 Å². The Kier molecular flexibility index (Phi) is 5.23. The van der Waals surface area contributed by atoms with E-state index in [4.69, 9.17) is 20.8 Å². The first-order chi connectivity index (χ1) is 15.8. The van der Waals surface area contributed by atoms with E-state index in [0.717, 1.165) is 13.0 Å². The summed E-state index contributed by atoms with van der Waals surface area (Å²) in [6, 6.07) is 11.9. The van der Waals surface area contributed by atoms with E-state index in [2.05, 4.69) is 10.2 Å². The lowest BCUT2D eigenvalue weighted by Gasteiger charge is -2.11. The molecule has 168 valence electrons. The molecule has 0 fully saturated rings. The number of benzene rings is 3. The summed E-state index contributed by atoms with van der Waals surface area (Å²) in [4.78, 5) is 27.6. The number of fused-ring (bicyclic) bond motifs is 5. The number of imide groups is 1. The van der Waals surface area contributed by atoms with Crippen LogP contribution in [0, 0.1) is 0 Å². The molecule has 7 nitrogen and oxygen atoms in total. The molecule has 33 heavy (non-hydrogen) atoms. The van der Waals surface area contributed by atoms with E-state index >= 15 is 0 Å². The predicted molar refractivity (Wildman–Crippen MR) is 126 cm³/mol. The number of nitrogens with one attached hydrogen (secondary N) is 1. The van der Waals surface area contributed by atoms with Gasteiger partial charge in [-0.3, -0.25) is 14.9 Å². The summed E-state index contributed by atoms with van der Waals surface area (Å²) in [7, 11) is 3.96. The van der Waals surface area contributed by atoms with Gasteiger partial charge in [-0.05, 0) is 38.7 Å². The number of phenolic OH excluding ortho intramolecular Hbond substituents is 1. The molecule has 2 amide bonds. The molecule has 1 aliphatic rings. The molecule has 0 spiro atoms. The molecule has 1 aliphatic heterocycles. The number of carbonyl (C=O) groups excluding carboxylic acids is 2. The van der Waals surface area contributed by atoms with Crippen LogP contribution < -0.4 is 10.1 Å². The van der Waals surface area contributed by atoms with Crippen molar-refractivity contribution < 1.29 is 23.8 Å². The summed E-state index contributed by atoms with van der Waals surface area (Å²) < 4.78 is 11.8. The average Bonchev–Trinajstić information content (AvgIpc) is 3.26. The molecule has 3 aromatic carbocycles.